The van der Waals surface area contributed by atoms with Gasteiger partial charge < -0.3 is 5.32 Å². The monoisotopic (exact) mass is 336 g/mol. The molecule has 4 heteroatoms. The summed E-state index contributed by atoms with van der Waals surface area (Å²) in [5, 5.41) is 3.05. The fraction of sp³-hybridized carbons (Fsp3) is 0.333. The van der Waals surface area contributed by atoms with E-state index in [1.807, 2.05) is 60.7 Å². The molecule has 1 aliphatic heterocycles. The smallest absolute Gasteiger partial charge is 0.324 e. The van der Waals surface area contributed by atoms with Crippen LogP contribution in [0.2, 0.25) is 0 Å². The van der Waals surface area contributed by atoms with E-state index in [4.69, 9.17) is 0 Å². The third-order valence-electron chi connectivity index (χ3n) is 4.65. The minimum Gasteiger partial charge on any atom is -0.331 e. The standard InChI is InChI=1S/C21H24N2O2/c1-2-9-19(17-12-7-4-8-13-17)22-21(25)23-18(15-20(23)24)14-16-10-5-3-6-11-16/h3-8,10-13,18-19H,2,9,14-15H2,1H3,(H,22,25)/t18-,19-/m1/s1. The van der Waals surface area contributed by atoms with Crippen molar-refractivity contribution in [2.75, 3.05) is 0 Å². The van der Waals surface area contributed by atoms with E-state index >= 15 is 0 Å². The maximum absolute atomic E-state index is 12.7. The first-order chi connectivity index (χ1) is 12.2. The van der Waals surface area contributed by atoms with Crippen LogP contribution in [0.4, 0.5) is 4.79 Å². The lowest BCUT2D eigenvalue weighted by Crippen LogP contribution is -2.59. The first-order valence-electron chi connectivity index (χ1n) is 8.90. The summed E-state index contributed by atoms with van der Waals surface area (Å²) in [7, 11) is 0. The van der Waals surface area contributed by atoms with Gasteiger partial charge in [-0.15, -0.1) is 0 Å². The quantitative estimate of drug-likeness (QED) is 0.808. The second-order valence-electron chi connectivity index (χ2n) is 6.51. The SMILES string of the molecule is CCC[C@@H](NC(=O)N1C(=O)C[C@H]1Cc1ccccc1)c1ccccc1. The highest BCUT2D eigenvalue weighted by molar-refractivity contribution is 5.99. The van der Waals surface area contributed by atoms with Gasteiger partial charge in [-0.3, -0.25) is 9.69 Å². The number of imide groups is 1. The minimum atomic E-state index is -0.278. The largest absolute Gasteiger partial charge is 0.331 e. The number of nitrogens with zero attached hydrogens (tertiary/aromatic N) is 1. The van der Waals surface area contributed by atoms with Gasteiger partial charge in [0.05, 0.1) is 12.1 Å². The number of nitrogens with one attached hydrogen (secondary N) is 1. The van der Waals surface area contributed by atoms with E-state index in [9.17, 15) is 9.59 Å². The van der Waals surface area contributed by atoms with E-state index < -0.39 is 0 Å². The molecule has 1 aliphatic rings. The molecular weight excluding hydrogens is 312 g/mol. The van der Waals surface area contributed by atoms with Crippen molar-refractivity contribution < 1.29 is 9.59 Å². The van der Waals surface area contributed by atoms with Gasteiger partial charge >= 0.3 is 6.03 Å². The molecule has 1 saturated heterocycles. The van der Waals surface area contributed by atoms with Crippen molar-refractivity contribution in [1.82, 2.24) is 10.2 Å². The fourth-order valence-electron chi connectivity index (χ4n) is 3.33. The molecular formula is C21H24N2O2. The Kier molecular flexibility index (Phi) is 5.49. The topological polar surface area (TPSA) is 49.4 Å². The van der Waals surface area contributed by atoms with Crippen LogP contribution in [0.1, 0.15) is 43.4 Å². The Morgan fingerprint density at radius 2 is 1.76 bits per heavy atom. The van der Waals surface area contributed by atoms with E-state index in [0.29, 0.717) is 12.8 Å². The van der Waals surface area contributed by atoms with Gasteiger partial charge in [0.1, 0.15) is 0 Å². The zero-order valence-corrected chi connectivity index (χ0v) is 14.5. The third-order valence-corrected chi connectivity index (χ3v) is 4.65. The Morgan fingerprint density at radius 3 is 2.36 bits per heavy atom. The second-order valence-corrected chi connectivity index (χ2v) is 6.51. The summed E-state index contributed by atoms with van der Waals surface area (Å²) in [5.74, 6) is -0.0956. The van der Waals surface area contributed by atoms with Crippen LogP contribution >= 0.6 is 0 Å². The van der Waals surface area contributed by atoms with Gasteiger partial charge in [0, 0.05) is 6.42 Å². The Hall–Kier alpha value is -2.62. The molecule has 2 aromatic rings. The highest BCUT2D eigenvalue weighted by atomic mass is 16.2. The first kappa shape index (κ1) is 17.2. The van der Waals surface area contributed by atoms with Crippen molar-refractivity contribution in [2.24, 2.45) is 0 Å². The first-order valence-corrected chi connectivity index (χ1v) is 8.90. The molecule has 0 saturated carbocycles. The Balaban J connectivity index is 1.67. The number of carbonyl (C=O) groups is 2. The highest BCUT2D eigenvalue weighted by Crippen LogP contribution is 2.25. The van der Waals surface area contributed by atoms with Gasteiger partial charge in [-0.1, -0.05) is 74.0 Å². The zero-order valence-electron chi connectivity index (χ0n) is 14.5. The molecule has 1 fully saturated rings. The lowest BCUT2D eigenvalue weighted by Gasteiger charge is -2.39. The summed E-state index contributed by atoms with van der Waals surface area (Å²) in [6.45, 7) is 2.09. The molecule has 0 aromatic heterocycles. The average molecular weight is 336 g/mol. The van der Waals surface area contributed by atoms with Crippen molar-refractivity contribution in [1.29, 1.82) is 0 Å². The van der Waals surface area contributed by atoms with E-state index in [0.717, 1.165) is 24.0 Å². The minimum absolute atomic E-state index is 0.0482. The molecule has 0 bridgehead atoms. The molecule has 2 atom stereocenters. The Labute approximate surface area is 148 Å². The van der Waals surface area contributed by atoms with Gasteiger partial charge in [0.2, 0.25) is 5.91 Å². The lowest BCUT2D eigenvalue weighted by molar-refractivity contribution is -0.140. The van der Waals surface area contributed by atoms with Crippen molar-refractivity contribution >= 4 is 11.9 Å². The number of rotatable bonds is 6. The maximum Gasteiger partial charge on any atom is 0.324 e. The number of benzene rings is 2. The molecule has 0 radical (unpaired) electrons. The van der Waals surface area contributed by atoms with Crippen LogP contribution in [0.15, 0.2) is 60.7 Å². The van der Waals surface area contributed by atoms with E-state index in [-0.39, 0.29) is 24.0 Å². The van der Waals surface area contributed by atoms with Gasteiger partial charge in [0.25, 0.3) is 0 Å². The van der Waals surface area contributed by atoms with Crippen LogP contribution in [0.5, 0.6) is 0 Å². The molecule has 130 valence electrons. The van der Waals surface area contributed by atoms with Crippen molar-refractivity contribution in [3.63, 3.8) is 0 Å². The van der Waals surface area contributed by atoms with E-state index in [1.54, 1.807) is 0 Å². The third kappa shape index (κ3) is 4.08. The number of likely N-dealkylation sites (tertiary alicyclic amines) is 1. The molecule has 2 aromatic carbocycles. The van der Waals surface area contributed by atoms with Crippen LogP contribution in [0.3, 0.4) is 0 Å². The van der Waals surface area contributed by atoms with Crippen molar-refractivity contribution in [2.45, 2.75) is 44.7 Å². The summed E-state index contributed by atoms with van der Waals surface area (Å²) < 4.78 is 0. The molecule has 4 nitrogen and oxygen atoms in total. The average Bonchev–Trinajstić information content (AvgIpc) is 2.62. The van der Waals surface area contributed by atoms with Gasteiger partial charge in [-0.25, -0.2) is 4.79 Å². The molecule has 3 amide bonds. The molecule has 1 N–H and O–H groups in total. The molecule has 1 heterocycles. The van der Waals surface area contributed by atoms with Crippen LogP contribution in [-0.2, 0) is 11.2 Å². The summed E-state index contributed by atoms with van der Waals surface area (Å²) in [6.07, 6.45) is 2.96. The number of carbonyl (C=O) groups excluding carboxylic acids is 2. The second kappa shape index (κ2) is 7.97. The molecule has 0 unspecified atom stereocenters. The van der Waals surface area contributed by atoms with Crippen molar-refractivity contribution in [3.8, 4) is 0 Å². The number of hydrogen-bond donors (Lipinski definition) is 1. The zero-order chi connectivity index (χ0) is 17.6. The normalized spacial score (nSPS) is 17.7. The fourth-order valence-corrected chi connectivity index (χ4v) is 3.33. The highest BCUT2D eigenvalue weighted by Gasteiger charge is 2.41. The van der Waals surface area contributed by atoms with E-state index in [2.05, 4.69) is 12.2 Å². The van der Waals surface area contributed by atoms with Gasteiger partial charge in [-0.2, -0.15) is 0 Å². The molecule has 25 heavy (non-hydrogen) atoms. The lowest BCUT2D eigenvalue weighted by atomic mass is 9.94. The van der Waals surface area contributed by atoms with Crippen LogP contribution < -0.4 is 5.32 Å². The predicted octanol–water partition coefficient (Wildman–Crippen LogP) is 4.08. The number of amides is 3. The Morgan fingerprint density at radius 1 is 1.12 bits per heavy atom. The van der Waals surface area contributed by atoms with Crippen LogP contribution in [0, 0.1) is 0 Å². The molecule has 0 spiro atoms. The summed E-state index contributed by atoms with van der Waals surface area (Å²) in [5.41, 5.74) is 2.22. The van der Waals surface area contributed by atoms with Crippen molar-refractivity contribution in [3.05, 3.63) is 71.8 Å². The number of hydrogen-bond acceptors (Lipinski definition) is 2. The molecule has 3 rings (SSSR count). The van der Waals surface area contributed by atoms with Gasteiger partial charge in [-0.05, 0) is 24.0 Å². The predicted molar refractivity (Wildman–Crippen MR) is 98.0 cm³/mol. The number of urea groups is 1. The summed E-state index contributed by atoms with van der Waals surface area (Å²) in [4.78, 5) is 26.1. The number of β-lactam (4-membered cyclic amide) rings is 1. The summed E-state index contributed by atoms with van der Waals surface area (Å²) >= 11 is 0. The van der Waals surface area contributed by atoms with Crippen LogP contribution in [0.25, 0.3) is 0 Å². The maximum atomic E-state index is 12.7. The molecule has 0 aliphatic carbocycles. The van der Waals surface area contributed by atoms with Gasteiger partial charge in [0.15, 0.2) is 0 Å². The summed E-state index contributed by atoms with van der Waals surface area (Å²) in [6, 6.07) is 19.5. The van der Waals surface area contributed by atoms with E-state index in [1.165, 1.54) is 4.90 Å². The van der Waals surface area contributed by atoms with Crippen LogP contribution in [-0.4, -0.2) is 22.9 Å². The Bertz CT molecular complexity index is 715.